The SMILES string of the molecule is CCCCN(CCC#N)c1ccc(/C=C\c2ccnc3ccccc23)cc1. The van der Waals surface area contributed by atoms with E-state index >= 15 is 0 Å². The number of pyridine rings is 1. The molecule has 0 saturated heterocycles. The van der Waals surface area contributed by atoms with Crippen molar-refractivity contribution >= 4 is 28.7 Å². The summed E-state index contributed by atoms with van der Waals surface area (Å²) in [5.41, 5.74) is 4.53. The largest absolute Gasteiger partial charge is 0.371 e. The second kappa shape index (κ2) is 9.54. The predicted molar refractivity (Wildman–Crippen MR) is 114 cm³/mol. The maximum Gasteiger partial charge on any atom is 0.0707 e. The van der Waals surface area contributed by atoms with Gasteiger partial charge in [0.25, 0.3) is 0 Å². The summed E-state index contributed by atoms with van der Waals surface area (Å²) in [6.45, 7) is 3.98. The van der Waals surface area contributed by atoms with Crippen molar-refractivity contribution in [3.05, 3.63) is 71.9 Å². The minimum atomic E-state index is 0.556. The first kappa shape index (κ1) is 18.7. The van der Waals surface area contributed by atoms with Gasteiger partial charge in [-0.1, -0.05) is 55.8 Å². The predicted octanol–water partition coefficient (Wildman–Crippen LogP) is 5.93. The summed E-state index contributed by atoms with van der Waals surface area (Å²) in [4.78, 5) is 6.72. The second-order valence-electron chi connectivity index (χ2n) is 6.59. The Balaban J connectivity index is 1.76. The Morgan fingerprint density at radius 3 is 2.59 bits per heavy atom. The number of rotatable bonds is 8. The number of nitriles is 1. The van der Waals surface area contributed by atoms with Crippen molar-refractivity contribution in [2.75, 3.05) is 18.0 Å². The van der Waals surface area contributed by atoms with Crippen LogP contribution in [0.3, 0.4) is 0 Å². The van der Waals surface area contributed by atoms with Crippen molar-refractivity contribution in [1.29, 1.82) is 5.26 Å². The van der Waals surface area contributed by atoms with E-state index in [1.54, 1.807) is 0 Å². The minimum Gasteiger partial charge on any atom is -0.371 e. The molecule has 3 nitrogen and oxygen atoms in total. The zero-order chi connectivity index (χ0) is 18.9. The van der Waals surface area contributed by atoms with Crippen LogP contribution in [-0.4, -0.2) is 18.1 Å². The molecule has 0 amide bonds. The van der Waals surface area contributed by atoms with Gasteiger partial charge in [0.15, 0.2) is 0 Å². The Hall–Kier alpha value is -3.12. The minimum absolute atomic E-state index is 0.556. The normalized spacial score (nSPS) is 11.0. The zero-order valence-corrected chi connectivity index (χ0v) is 15.8. The monoisotopic (exact) mass is 355 g/mol. The second-order valence-corrected chi connectivity index (χ2v) is 6.59. The Morgan fingerprint density at radius 1 is 1.00 bits per heavy atom. The third-order valence-electron chi connectivity index (χ3n) is 4.67. The van der Waals surface area contributed by atoms with E-state index in [1.165, 1.54) is 11.3 Å². The van der Waals surface area contributed by atoms with Gasteiger partial charge in [0.1, 0.15) is 0 Å². The van der Waals surface area contributed by atoms with E-state index in [-0.39, 0.29) is 0 Å². The summed E-state index contributed by atoms with van der Waals surface area (Å²) in [5.74, 6) is 0. The summed E-state index contributed by atoms with van der Waals surface area (Å²) < 4.78 is 0. The van der Waals surface area contributed by atoms with E-state index in [0.717, 1.165) is 42.4 Å². The summed E-state index contributed by atoms with van der Waals surface area (Å²) in [6.07, 6.45) is 8.99. The molecule has 3 heteroatoms. The Bertz CT molecular complexity index is 930. The standard InChI is InChI=1S/C24H25N3/c1-2-3-18-27(19-6-16-25)22-13-10-20(11-14-22)9-12-21-15-17-26-24-8-5-4-7-23(21)24/h4-5,7-15,17H,2-3,6,18-19H2,1H3/b12-9-. The van der Waals surface area contributed by atoms with Crippen molar-refractivity contribution in [3.63, 3.8) is 0 Å². The lowest BCUT2D eigenvalue weighted by atomic mass is 10.1. The van der Waals surface area contributed by atoms with Crippen molar-refractivity contribution in [2.24, 2.45) is 0 Å². The first-order valence-corrected chi connectivity index (χ1v) is 9.55. The molecule has 3 rings (SSSR count). The number of benzene rings is 2. The molecule has 0 N–H and O–H groups in total. The van der Waals surface area contributed by atoms with Crippen molar-refractivity contribution in [2.45, 2.75) is 26.2 Å². The van der Waals surface area contributed by atoms with Gasteiger partial charge in [-0.2, -0.15) is 5.26 Å². The summed E-state index contributed by atoms with van der Waals surface area (Å²) in [7, 11) is 0. The lowest BCUT2D eigenvalue weighted by Crippen LogP contribution is -2.25. The van der Waals surface area contributed by atoms with Gasteiger partial charge in [0.2, 0.25) is 0 Å². The molecule has 136 valence electrons. The molecule has 1 aromatic heterocycles. The summed E-state index contributed by atoms with van der Waals surface area (Å²) in [5, 5.41) is 10.1. The molecule has 0 saturated carbocycles. The van der Waals surface area contributed by atoms with Crippen molar-refractivity contribution in [3.8, 4) is 6.07 Å². The number of hydrogen-bond donors (Lipinski definition) is 0. The van der Waals surface area contributed by atoms with E-state index < -0.39 is 0 Å². The first-order chi connectivity index (χ1) is 13.3. The fraction of sp³-hybridized carbons (Fsp3) is 0.250. The Morgan fingerprint density at radius 2 is 1.81 bits per heavy atom. The maximum atomic E-state index is 8.89. The number of fused-ring (bicyclic) bond motifs is 1. The quantitative estimate of drug-likeness (QED) is 0.503. The number of unbranched alkanes of at least 4 members (excludes halogenated alkanes) is 1. The molecule has 0 aliphatic heterocycles. The smallest absolute Gasteiger partial charge is 0.0707 e. The average molecular weight is 355 g/mol. The topological polar surface area (TPSA) is 39.9 Å². The molecule has 2 aromatic carbocycles. The molecule has 27 heavy (non-hydrogen) atoms. The van der Waals surface area contributed by atoms with Gasteiger partial charge >= 0.3 is 0 Å². The maximum absolute atomic E-state index is 8.89. The highest BCUT2D eigenvalue weighted by Crippen LogP contribution is 2.21. The van der Waals surface area contributed by atoms with E-state index in [2.05, 4.69) is 65.4 Å². The van der Waals surface area contributed by atoms with Crippen LogP contribution in [0.15, 0.2) is 60.8 Å². The highest BCUT2D eigenvalue weighted by molar-refractivity contribution is 5.90. The van der Waals surface area contributed by atoms with E-state index in [0.29, 0.717) is 6.42 Å². The Labute approximate surface area is 161 Å². The van der Waals surface area contributed by atoms with Crippen LogP contribution in [0.4, 0.5) is 5.69 Å². The number of aromatic nitrogens is 1. The molecule has 0 aliphatic carbocycles. The third kappa shape index (κ3) is 4.95. The number of para-hydroxylation sites is 1. The zero-order valence-electron chi connectivity index (χ0n) is 15.8. The van der Waals surface area contributed by atoms with Crippen LogP contribution in [0.5, 0.6) is 0 Å². The number of nitrogens with zero attached hydrogens (tertiary/aromatic N) is 3. The molecule has 0 unspecified atom stereocenters. The van der Waals surface area contributed by atoms with Crippen LogP contribution in [0.2, 0.25) is 0 Å². The molecule has 0 aliphatic rings. The van der Waals surface area contributed by atoms with Crippen LogP contribution in [0.1, 0.15) is 37.3 Å². The van der Waals surface area contributed by atoms with Gasteiger partial charge in [-0.15, -0.1) is 0 Å². The summed E-state index contributed by atoms with van der Waals surface area (Å²) in [6, 6.07) is 21.1. The van der Waals surface area contributed by atoms with Crippen LogP contribution in [0.25, 0.3) is 23.1 Å². The van der Waals surface area contributed by atoms with Gasteiger partial charge in [0, 0.05) is 30.4 Å². The molecule has 1 heterocycles. The molecule has 0 radical (unpaired) electrons. The first-order valence-electron chi connectivity index (χ1n) is 9.55. The van der Waals surface area contributed by atoms with Crippen molar-refractivity contribution in [1.82, 2.24) is 4.98 Å². The molecule has 0 atom stereocenters. The Kier molecular flexibility index (Phi) is 6.60. The van der Waals surface area contributed by atoms with Gasteiger partial charge in [-0.05, 0) is 41.8 Å². The van der Waals surface area contributed by atoms with Crippen LogP contribution < -0.4 is 4.90 Å². The molecule has 3 aromatic rings. The highest BCUT2D eigenvalue weighted by atomic mass is 15.1. The fourth-order valence-corrected chi connectivity index (χ4v) is 3.15. The van der Waals surface area contributed by atoms with Crippen LogP contribution >= 0.6 is 0 Å². The summed E-state index contributed by atoms with van der Waals surface area (Å²) >= 11 is 0. The average Bonchev–Trinajstić information content (AvgIpc) is 2.73. The number of hydrogen-bond acceptors (Lipinski definition) is 3. The highest BCUT2D eigenvalue weighted by Gasteiger charge is 2.05. The van der Waals surface area contributed by atoms with Crippen LogP contribution in [0, 0.1) is 11.3 Å². The van der Waals surface area contributed by atoms with Gasteiger partial charge in [-0.3, -0.25) is 4.98 Å². The van der Waals surface area contributed by atoms with E-state index in [1.807, 2.05) is 30.5 Å². The van der Waals surface area contributed by atoms with E-state index in [4.69, 9.17) is 5.26 Å². The third-order valence-corrected chi connectivity index (χ3v) is 4.67. The molecular formula is C24H25N3. The molecule has 0 fully saturated rings. The van der Waals surface area contributed by atoms with Crippen molar-refractivity contribution < 1.29 is 0 Å². The fourth-order valence-electron chi connectivity index (χ4n) is 3.15. The number of anilines is 1. The molecule has 0 bridgehead atoms. The molecule has 0 spiro atoms. The lowest BCUT2D eigenvalue weighted by Gasteiger charge is -2.23. The van der Waals surface area contributed by atoms with Crippen LogP contribution in [-0.2, 0) is 0 Å². The van der Waals surface area contributed by atoms with Gasteiger partial charge in [-0.25, -0.2) is 0 Å². The molecular weight excluding hydrogens is 330 g/mol. The van der Waals surface area contributed by atoms with Gasteiger partial charge in [0.05, 0.1) is 18.0 Å². The van der Waals surface area contributed by atoms with E-state index in [9.17, 15) is 0 Å². The van der Waals surface area contributed by atoms with Gasteiger partial charge < -0.3 is 4.90 Å². The lowest BCUT2D eigenvalue weighted by molar-refractivity contribution is 0.718.